The van der Waals surface area contributed by atoms with Gasteiger partial charge in [-0.05, 0) is 30.5 Å². The van der Waals surface area contributed by atoms with Crippen molar-refractivity contribution >= 4 is 0 Å². The lowest BCUT2D eigenvalue weighted by Crippen LogP contribution is -2.43. The summed E-state index contributed by atoms with van der Waals surface area (Å²) in [6, 6.07) is 8.05. The van der Waals surface area contributed by atoms with Crippen molar-refractivity contribution in [2.75, 3.05) is 26.8 Å². The van der Waals surface area contributed by atoms with Crippen LogP contribution in [0.3, 0.4) is 0 Å². The Bertz CT molecular complexity index is 393. The van der Waals surface area contributed by atoms with Crippen LogP contribution < -0.4 is 4.74 Å². The van der Waals surface area contributed by atoms with Gasteiger partial charge in [0.25, 0.3) is 0 Å². The highest BCUT2D eigenvalue weighted by Crippen LogP contribution is 2.27. The normalized spacial score (nSPS) is 17.3. The number of methoxy groups -OCH3 is 1. The van der Waals surface area contributed by atoms with Gasteiger partial charge in [0.2, 0.25) is 0 Å². The Morgan fingerprint density at radius 3 is 2.79 bits per heavy atom. The van der Waals surface area contributed by atoms with E-state index in [9.17, 15) is 5.11 Å². The van der Waals surface area contributed by atoms with Gasteiger partial charge in [0.15, 0.2) is 0 Å². The first kappa shape index (κ1) is 14.3. The lowest BCUT2D eigenvalue weighted by atomic mass is 9.91. The lowest BCUT2D eigenvalue weighted by Gasteiger charge is -2.38. The van der Waals surface area contributed by atoms with Crippen molar-refractivity contribution in [3.8, 4) is 5.75 Å². The fourth-order valence-corrected chi connectivity index (χ4v) is 2.48. The van der Waals surface area contributed by atoms with E-state index < -0.39 is 6.10 Å². The number of nitrogens with zero attached hydrogens (tertiary/aromatic N) is 1. The molecule has 1 aliphatic rings. The topological polar surface area (TPSA) is 52.9 Å². The molecule has 4 heteroatoms. The lowest BCUT2D eigenvalue weighted by molar-refractivity contribution is 0.0459. The molecule has 2 N–H and O–H groups in total. The number of aliphatic hydroxyl groups excluding tert-OH is 2. The molecule has 0 aromatic heterocycles. The van der Waals surface area contributed by atoms with Crippen LogP contribution in [0.2, 0.25) is 0 Å². The first-order chi connectivity index (χ1) is 9.24. The molecule has 1 fully saturated rings. The molecule has 0 heterocycles. The van der Waals surface area contributed by atoms with E-state index in [-0.39, 0.29) is 6.61 Å². The van der Waals surface area contributed by atoms with Gasteiger partial charge in [-0.2, -0.15) is 0 Å². The maximum atomic E-state index is 10.3. The summed E-state index contributed by atoms with van der Waals surface area (Å²) in [6.07, 6.45) is 3.06. The molecule has 4 nitrogen and oxygen atoms in total. The molecule has 19 heavy (non-hydrogen) atoms. The first-order valence-corrected chi connectivity index (χ1v) is 6.91. The van der Waals surface area contributed by atoms with Gasteiger partial charge >= 0.3 is 0 Å². The fourth-order valence-electron chi connectivity index (χ4n) is 2.48. The summed E-state index contributed by atoms with van der Waals surface area (Å²) < 4.78 is 5.17. The van der Waals surface area contributed by atoms with E-state index in [0.29, 0.717) is 19.1 Å². The maximum Gasteiger partial charge on any atom is 0.119 e. The quantitative estimate of drug-likeness (QED) is 0.786. The average Bonchev–Trinajstić information content (AvgIpc) is 2.37. The Morgan fingerprint density at radius 2 is 2.21 bits per heavy atom. The Balaban J connectivity index is 1.98. The number of aliphatic hydroxyl groups is 2. The molecular formula is C15H23NO3. The van der Waals surface area contributed by atoms with Crippen molar-refractivity contribution in [3.63, 3.8) is 0 Å². The zero-order chi connectivity index (χ0) is 13.7. The number of hydrogen-bond acceptors (Lipinski definition) is 4. The molecule has 1 saturated carbocycles. The van der Waals surface area contributed by atoms with Crippen molar-refractivity contribution in [3.05, 3.63) is 29.8 Å². The average molecular weight is 265 g/mol. The molecule has 1 atom stereocenters. The molecule has 1 unspecified atom stereocenters. The van der Waals surface area contributed by atoms with Gasteiger partial charge in [0.1, 0.15) is 5.75 Å². The zero-order valence-electron chi connectivity index (χ0n) is 11.5. The molecular weight excluding hydrogens is 242 g/mol. The van der Waals surface area contributed by atoms with E-state index >= 15 is 0 Å². The van der Waals surface area contributed by atoms with Gasteiger partial charge in [-0.3, -0.25) is 4.90 Å². The van der Waals surface area contributed by atoms with Gasteiger partial charge in [-0.1, -0.05) is 18.6 Å². The third-order valence-electron chi connectivity index (χ3n) is 3.86. The molecule has 2 rings (SSSR count). The summed E-state index contributed by atoms with van der Waals surface area (Å²) in [5, 5.41) is 19.5. The Morgan fingerprint density at radius 1 is 1.42 bits per heavy atom. The highest BCUT2D eigenvalue weighted by atomic mass is 16.5. The minimum absolute atomic E-state index is 0.140. The molecule has 0 saturated heterocycles. The number of benzene rings is 1. The zero-order valence-corrected chi connectivity index (χ0v) is 11.5. The second-order valence-electron chi connectivity index (χ2n) is 5.10. The minimum atomic E-state index is -0.540. The summed E-state index contributed by atoms with van der Waals surface area (Å²) in [5.74, 6) is 0.758. The second kappa shape index (κ2) is 6.89. The molecule has 0 bridgehead atoms. The van der Waals surface area contributed by atoms with E-state index in [1.807, 2.05) is 24.3 Å². The van der Waals surface area contributed by atoms with Crippen LogP contribution in [-0.4, -0.2) is 48.0 Å². The standard InChI is InChI=1S/C15H23NO3/c1-19-14-7-2-4-12(10-14)15(18)11-16(8-9-17)13-5-3-6-13/h2,4,7,10,13,15,17-18H,3,5-6,8-9,11H2,1H3. The molecule has 0 radical (unpaired) electrons. The fraction of sp³-hybridized carbons (Fsp3) is 0.600. The summed E-state index contributed by atoms with van der Waals surface area (Å²) in [7, 11) is 1.62. The molecule has 0 spiro atoms. The van der Waals surface area contributed by atoms with Gasteiger partial charge in [-0.25, -0.2) is 0 Å². The number of hydrogen-bond donors (Lipinski definition) is 2. The molecule has 0 aliphatic heterocycles. The van der Waals surface area contributed by atoms with Gasteiger partial charge in [0, 0.05) is 19.1 Å². The van der Waals surface area contributed by atoms with Crippen LogP contribution in [-0.2, 0) is 0 Å². The summed E-state index contributed by atoms with van der Waals surface area (Å²) >= 11 is 0. The molecule has 106 valence electrons. The Kier molecular flexibility index (Phi) is 5.19. The summed E-state index contributed by atoms with van der Waals surface area (Å²) in [5.41, 5.74) is 0.863. The predicted octanol–water partition coefficient (Wildman–Crippen LogP) is 1.58. The van der Waals surface area contributed by atoms with Crippen LogP contribution in [0.5, 0.6) is 5.75 Å². The summed E-state index contributed by atoms with van der Waals surface area (Å²) in [4.78, 5) is 2.19. The van der Waals surface area contributed by atoms with Crippen LogP contribution >= 0.6 is 0 Å². The smallest absolute Gasteiger partial charge is 0.119 e. The number of rotatable bonds is 7. The maximum absolute atomic E-state index is 10.3. The van der Waals surface area contributed by atoms with Gasteiger partial charge in [-0.15, -0.1) is 0 Å². The van der Waals surface area contributed by atoms with E-state index in [1.165, 1.54) is 19.3 Å². The minimum Gasteiger partial charge on any atom is -0.497 e. The third kappa shape index (κ3) is 3.69. The summed E-state index contributed by atoms with van der Waals surface area (Å²) in [6.45, 7) is 1.34. The third-order valence-corrected chi connectivity index (χ3v) is 3.86. The van der Waals surface area contributed by atoms with Crippen molar-refractivity contribution < 1.29 is 14.9 Å². The van der Waals surface area contributed by atoms with Crippen molar-refractivity contribution in [2.24, 2.45) is 0 Å². The van der Waals surface area contributed by atoms with Crippen molar-refractivity contribution in [1.82, 2.24) is 4.90 Å². The van der Waals surface area contributed by atoms with Crippen LogP contribution in [0, 0.1) is 0 Å². The molecule has 1 aromatic rings. The van der Waals surface area contributed by atoms with E-state index in [4.69, 9.17) is 9.84 Å². The Labute approximate surface area is 114 Å². The predicted molar refractivity (Wildman–Crippen MR) is 74.3 cm³/mol. The largest absolute Gasteiger partial charge is 0.497 e. The first-order valence-electron chi connectivity index (χ1n) is 6.91. The van der Waals surface area contributed by atoms with Crippen molar-refractivity contribution in [2.45, 2.75) is 31.4 Å². The van der Waals surface area contributed by atoms with E-state index in [1.54, 1.807) is 7.11 Å². The highest BCUT2D eigenvalue weighted by molar-refractivity contribution is 5.29. The molecule has 0 amide bonds. The van der Waals surface area contributed by atoms with Crippen molar-refractivity contribution in [1.29, 1.82) is 0 Å². The van der Waals surface area contributed by atoms with Crippen LogP contribution in [0.15, 0.2) is 24.3 Å². The van der Waals surface area contributed by atoms with E-state index in [2.05, 4.69) is 4.90 Å². The van der Waals surface area contributed by atoms with Crippen LogP contribution in [0.25, 0.3) is 0 Å². The molecule has 1 aromatic carbocycles. The molecule has 1 aliphatic carbocycles. The van der Waals surface area contributed by atoms with Crippen LogP contribution in [0.4, 0.5) is 0 Å². The highest BCUT2D eigenvalue weighted by Gasteiger charge is 2.26. The van der Waals surface area contributed by atoms with E-state index in [0.717, 1.165) is 11.3 Å². The number of ether oxygens (including phenoxy) is 1. The second-order valence-corrected chi connectivity index (χ2v) is 5.10. The van der Waals surface area contributed by atoms with Crippen LogP contribution in [0.1, 0.15) is 30.9 Å². The Hall–Kier alpha value is -1.10. The van der Waals surface area contributed by atoms with Gasteiger partial charge in [0.05, 0.1) is 19.8 Å². The monoisotopic (exact) mass is 265 g/mol. The SMILES string of the molecule is COc1cccc(C(O)CN(CCO)C2CCC2)c1. The van der Waals surface area contributed by atoms with Gasteiger partial charge < -0.3 is 14.9 Å².